The molecule has 0 unspecified atom stereocenters. The van der Waals surface area contributed by atoms with Crippen LogP contribution in [0.3, 0.4) is 0 Å². The number of carbonyl (C=O) groups excluding carboxylic acids is 1. The molecule has 4 rings (SSSR count). The summed E-state index contributed by atoms with van der Waals surface area (Å²) in [6.45, 7) is 1.75. The second kappa shape index (κ2) is 8.01. The number of nitriles is 1. The average Bonchev–Trinajstić information content (AvgIpc) is 3.09. The Labute approximate surface area is 172 Å². The molecule has 1 aromatic carbocycles. The number of benzene rings is 1. The normalized spacial score (nSPS) is 12.9. The number of thiophene rings is 1. The molecule has 0 spiro atoms. The van der Waals surface area contributed by atoms with Crippen LogP contribution in [0.2, 0.25) is 5.15 Å². The van der Waals surface area contributed by atoms with Crippen LogP contribution in [-0.2, 0) is 19.5 Å². The monoisotopic (exact) mass is 408 g/mol. The maximum absolute atomic E-state index is 12.8. The van der Waals surface area contributed by atoms with Gasteiger partial charge in [0.2, 0.25) is 0 Å². The third kappa shape index (κ3) is 3.72. The van der Waals surface area contributed by atoms with Gasteiger partial charge in [0.25, 0.3) is 5.91 Å². The molecule has 140 valence electrons. The van der Waals surface area contributed by atoms with E-state index in [2.05, 4.69) is 16.4 Å². The summed E-state index contributed by atoms with van der Waals surface area (Å²) in [4.78, 5) is 19.6. The first-order valence-electron chi connectivity index (χ1n) is 8.89. The number of aromatic nitrogens is 1. The van der Waals surface area contributed by atoms with Crippen LogP contribution in [0, 0.1) is 11.3 Å². The lowest BCUT2D eigenvalue weighted by Gasteiger charge is -2.27. The number of pyridine rings is 1. The Morgan fingerprint density at radius 2 is 2.11 bits per heavy atom. The Morgan fingerprint density at radius 3 is 2.82 bits per heavy atom. The number of anilines is 1. The largest absolute Gasteiger partial charge is 0.372 e. The SMILES string of the molecule is N#Cc1c(NCc2ccccc2)sc2c1CCN(C(=O)c1ccc(Cl)nc1)C2. The lowest BCUT2D eigenvalue weighted by Crippen LogP contribution is -2.35. The van der Waals surface area contributed by atoms with Crippen LogP contribution >= 0.6 is 22.9 Å². The molecule has 0 atom stereocenters. The van der Waals surface area contributed by atoms with E-state index in [9.17, 15) is 10.1 Å². The zero-order valence-corrected chi connectivity index (χ0v) is 16.6. The van der Waals surface area contributed by atoms with E-state index in [0.29, 0.717) is 42.3 Å². The van der Waals surface area contributed by atoms with E-state index in [-0.39, 0.29) is 5.91 Å². The van der Waals surface area contributed by atoms with Gasteiger partial charge in [-0.15, -0.1) is 11.3 Å². The van der Waals surface area contributed by atoms with E-state index in [4.69, 9.17) is 11.6 Å². The van der Waals surface area contributed by atoms with Crippen molar-refractivity contribution < 1.29 is 4.79 Å². The van der Waals surface area contributed by atoms with Crippen LogP contribution in [0.1, 0.15) is 31.9 Å². The Kier molecular flexibility index (Phi) is 5.29. The van der Waals surface area contributed by atoms with Gasteiger partial charge in [-0.05, 0) is 29.7 Å². The molecule has 0 saturated carbocycles. The quantitative estimate of drug-likeness (QED) is 0.646. The molecular formula is C21H17ClN4OS. The van der Waals surface area contributed by atoms with Crippen molar-refractivity contribution in [1.82, 2.24) is 9.88 Å². The summed E-state index contributed by atoms with van der Waals surface area (Å²) in [5.74, 6) is -0.0690. The Bertz CT molecular complexity index is 1040. The fraction of sp³-hybridized carbons (Fsp3) is 0.190. The zero-order chi connectivity index (χ0) is 19.5. The third-order valence-corrected chi connectivity index (χ3v) is 6.12. The van der Waals surface area contributed by atoms with Crippen LogP contribution < -0.4 is 5.32 Å². The van der Waals surface area contributed by atoms with Gasteiger partial charge >= 0.3 is 0 Å². The molecule has 1 aliphatic heterocycles. The Hall–Kier alpha value is -2.88. The molecule has 28 heavy (non-hydrogen) atoms. The molecule has 1 amide bonds. The molecule has 0 saturated heterocycles. The molecule has 0 aliphatic carbocycles. The standard InChI is InChI=1S/C21H17ClN4OS/c22-19-7-6-15(12-24-19)21(27)26-9-8-16-17(10-23)20(28-18(16)13-26)25-11-14-4-2-1-3-5-14/h1-7,12,25H,8-9,11,13H2. The van der Waals surface area contributed by atoms with Gasteiger partial charge in [0.05, 0.1) is 17.7 Å². The molecule has 7 heteroatoms. The summed E-state index contributed by atoms with van der Waals surface area (Å²) < 4.78 is 0. The molecule has 1 aliphatic rings. The Balaban J connectivity index is 1.52. The van der Waals surface area contributed by atoms with Gasteiger partial charge in [-0.1, -0.05) is 41.9 Å². The van der Waals surface area contributed by atoms with Gasteiger partial charge in [-0.3, -0.25) is 4.79 Å². The number of halogens is 1. The number of hydrogen-bond donors (Lipinski definition) is 1. The minimum Gasteiger partial charge on any atom is -0.372 e. The molecule has 0 radical (unpaired) electrons. The summed E-state index contributed by atoms with van der Waals surface area (Å²) in [6, 6.07) is 15.7. The van der Waals surface area contributed by atoms with E-state index in [1.165, 1.54) is 6.20 Å². The molecule has 3 heterocycles. The summed E-state index contributed by atoms with van der Waals surface area (Å²) in [5, 5.41) is 14.3. The number of fused-ring (bicyclic) bond motifs is 1. The smallest absolute Gasteiger partial charge is 0.255 e. The van der Waals surface area contributed by atoms with E-state index >= 15 is 0 Å². The minimum atomic E-state index is -0.0690. The highest BCUT2D eigenvalue weighted by atomic mass is 35.5. The number of amides is 1. The maximum atomic E-state index is 12.8. The van der Waals surface area contributed by atoms with Gasteiger partial charge < -0.3 is 10.2 Å². The van der Waals surface area contributed by atoms with E-state index in [1.54, 1.807) is 28.4 Å². The zero-order valence-electron chi connectivity index (χ0n) is 15.0. The van der Waals surface area contributed by atoms with Crippen molar-refractivity contribution in [3.05, 3.63) is 80.9 Å². The lowest BCUT2D eigenvalue weighted by molar-refractivity contribution is 0.0736. The molecule has 0 bridgehead atoms. The second-order valence-corrected chi connectivity index (χ2v) is 8.00. The van der Waals surface area contributed by atoms with Crippen molar-refractivity contribution in [1.29, 1.82) is 5.26 Å². The molecule has 5 nitrogen and oxygen atoms in total. The first kappa shape index (κ1) is 18.5. The summed E-state index contributed by atoms with van der Waals surface area (Å²) in [7, 11) is 0. The van der Waals surface area contributed by atoms with Crippen molar-refractivity contribution in [2.24, 2.45) is 0 Å². The van der Waals surface area contributed by atoms with Crippen LogP contribution in [0.15, 0.2) is 48.7 Å². The Morgan fingerprint density at radius 1 is 1.29 bits per heavy atom. The topological polar surface area (TPSA) is 69.0 Å². The molecule has 0 fully saturated rings. The number of nitrogens with zero attached hydrogens (tertiary/aromatic N) is 3. The van der Waals surface area contributed by atoms with Crippen LogP contribution in [0.4, 0.5) is 5.00 Å². The van der Waals surface area contributed by atoms with E-state index in [1.807, 2.05) is 30.3 Å². The molecule has 2 aromatic heterocycles. The second-order valence-electron chi connectivity index (χ2n) is 6.51. The van der Waals surface area contributed by atoms with Gasteiger partial charge in [-0.25, -0.2) is 4.98 Å². The average molecular weight is 409 g/mol. The number of carbonyl (C=O) groups is 1. The van der Waals surface area contributed by atoms with Crippen molar-refractivity contribution in [2.45, 2.75) is 19.5 Å². The molecule has 3 aromatic rings. The predicted molar refractivity (Wildman–Crippen MR) is 110 cm³/mol. The lowest BCUT2D eigenvalue weighted by atomic mass is 10.0. The highest BCUT2D eigenvalue weighted by Gasteiger charge is 2.27. The molecule has 1 N–H and O–H groups in total. The number of nitrogens with one attached hydrogen (secondary N) is 1. The van der Waals surface area contributed by atoms with Gasteiger partial charge in [0.15, 0.2) is 0 Å². The van der Waals surface area contributed by atoms with Crippen molar-refractivity contribution in [3.63, 3.8) is 0 Å². The maximum Gasteiger partial charge on any atom is 0.255 e. The van der Waals surface area contributed by atoms with Gasteiger partial charge in [-0.2, -0.15) is 5.26 Å². The summed E-state index contributed by atoms with van der Waals surface area (Å²) in [5.41, 5.74) is 3.44. The number of rotatable bonds is 4. The highest BCUT2D eigenvalue weighted by molar-refractivity contribution is 7.16. The first-order valence-corrected chi connectivity index (χ1v) is 10.1. The van der Waals surface area contributed by atoms with Crippen LogP contribution in [0.5, 0.6) is 0 Å². The van der Waals surface area contributed by atoms with Crippen LogP contribution in [-0.4, -0.2) is 22.3 Å². The minimum absolute atomic E-state index is 0.0690. The summed E-state index contributed by atoms with van der Waals surface area (Å²) >= 11 is 7.37. The van der Waals surface area contributed by atoms with Gasteiger partial charge in [0, 0.05) is 24.2 Å². The van der Waals surface area contributed by atoms with E-state index < -0.39 is 0 Å². The summed E-state index contributed by atoms with van der Waals surface area (Å²) in [6.07, 6.45) is 2.18. The predicted octanol–water partition coefficient (Wildman–Crippen LogP) is 4.48. The first-order chi connectivity index (χ1) is 13.7. The van der Waals surface area contributed by atoms with Crippen molar-refractivity contribution in [2.75, 3.05) is 11.9 Å². The fourth-order valence-corrected chi connectivity index (χ4v) is 4.60. The molecular weight excluding hydrogens is 392 g/mol. The van der Waals surface area contributed by atoms with Crippen molar-refractivity contribution in [3.8, 4) is 6.07 Å². The third-order valence-electron chi connectivity index (χ3n) is 4.73. The van der Waals surface area contributed by atoms with Crippen molar-refractivity contribution >= 4 is 33.8 Å². The fourth-order valence-electron chi connectivity index (χ4n) is 3.28. The van der Waals surface area contributed by atoms with Crippen LogP contribution in [0.25, 0.3) is 0 Å². The van der Waals surface area contributed by atoms with E-state index in [0.717, 1.165) is 21.0 Å². The highest BCUT2D eigenvalue weighted by Crippen LogP contribution is 2.37. The van der Waals surface area contributed by atoms with Gasteiger partial charge in [0.1, 0.15) is 16.2 Å². The number of hydrogen-bond acceptors (Lipinski definition) is 5.